The first-order valence-corrected chi connectivity index (χ1v) is 5.46. The van der Waals surface area contributed by atoms with Crippen LogP contribution in [0.3, 0.4) is 0 Å². The van der Waals surface area contributed by atoms with E-state index in [0.717, 1.165) is 0 Å². The molecule has 0 aliphatic heterocycles. The van der Waals surface area contributed by atoms with Crippen LogP contribution in [0.4, 0.5) is 4.79 Å². The van der Waals surface area contributed by atoms with E-state index >= 15 is 0 Å². The molecule has 2 N–H and O–H groups in total. The van der Waals surface area contributed by atoms with Gasteiger partial charge in [0.15, 0.2) is 0 Å². The highest BCUT2D eigenvalue weighted by Gasteiger charge is 2.17. The number of hydrogen-bond donors (Lipinski definition) is 2. The maximum atomic E-state index is 11.2. The molecule has 0 fully saturated rings. The standard InChI is InChI=1S/C11H21NO4/c1-5-8(9(13)14)6-7-12-10(15)16-11(2,3)4/h8H,5-7H2,1-4H3,(H,12,15)(H,13,14)/t8-/m1/s1. The number of nitrogens with one attached hydrogen (secondary N) is 1. The Morgan fingerprint density at radius 3 is 2.31 bits per heavy atom. The number of carbonyl (C=O) groups is 2. The molecule has 0 aliphatic rings. The Morgan fingerprint density at radius 2 is 1.94 bits per heavy atom. The predicted octanol–water partition coefficient (Wildman–Crippen LogP) is 2.01. The number of hydrogen-bond acceptors (Lipinski definition) is 3. The lowest BCUT2D eigenvalue weighted by atomic mass is 10.0. The van der Waals surface area contributed by atoms with Gasteiger partial charge in [0, 0.05) is 6.54 Å². The zero-order chi connectivity index (χ0) is 12.8. The van der Waals surface area contributed by atoms with Crippen LogP contribution in [0.1, 0.15) is 40.5 Å². The van der Waals surface area contributed by atoms with Crippen molar-refractivity contribution in [2.45, 2.75) is 46.1 Å². The molecular weight excluding hydrogens is 210 g/mol. The molecule has 0 aromatic heterocycles. The van der Waals surface area contributed by atoms with Crippen LogP contribution in [0.5, 0.6) is 0 Å². The van der Waals surface area contributed by atoms with Gasteiger partial charge in [0.05, 0.1) is 5.92 Å². The summed E-state index contributed by atoms with van der Waals surface area (Å²) in [5.74, 6) is -1.23. The fraction of sp³-hybridized carbons (Fsp3) is 0.818. The molecule has 0 unspecified atom stereocenters. The van der Waals surface area contributed by atoms with Crippen LogP contribution in [0.2, 0.25) is 0 Å². The summed E-state index contributed by atoms with van der Waals surface area (Å²) >= 11 is 0. The predicted molar refractivity (Wildman–Crippen MR) is 60.3 cm³/mol. The van der Waals surface area contributed by atoms with Gasteiger partial charge in [-0.05, 0) is 33.6 Å². The third-order valence-electron chi connectivity index (χ3n) is 2.00. The van der Waals surface area contributed by atoms with Gasteiger partial charge in [-0.3, -0.25) is 4.79 Å². The van der Waals surface area contributed by atoms with Crippen LogP contribution >= 0.6 is 0 Å². The van der Waals surface area contributed by atoms with Crippen LogP contribution in [-0.4, -0.2) is 29.3 Å². The first-order valence-electron chi connectivity index (χ1n) is 5.46. The molecule has 0 aliphatic carbocycles. The summed E-state index contributed by atoms with van der Waals surface area (Å²) in [6.07, 6.45) is 0.476. The molecule has 0 bridgehead atoms. The van der Waals surface area contributed by atoms with E-state index in [0.29, 0.717) is 19.4 Å². The molecule has 0 spiro atoms. The topological polar surface area (TPSA) is 75.6 Å². The van der Waals surface area contributed by atoms with E-state index in [4.69, 9.17) is 9.84 Å². The quantitative estimate of drug-likeness (QED) is 0.759. The van der Waals surface area contributed by atoms with Crippen molar-refractivity contribution in [3.8, 4) is 0 Å². The first-order chi connectivity index (χ1) is 7.26. The van der Waals surface area contributed by atoms with Crippen molar-refractivity contribution >= 4 is 12.1 Å². The summed E-state index contributed by atoms with van der Waals surface area (Å²) in [6, 6.07) is 0. The van der Waals surface area contributed by atoms with E-state index in [1.54, 1.807) is 20.8 Å². The molecule has 5 heteroatoms. The van der Waals surface area contributed by atoms with Crippen LogP contribution in [0.25, 0.3) is 0 Å². The van der Waals surface area contributed by atoms with Crippen molar-refractivity contribution in [3.63, 3.8) is 0 Å². The molecule has 0 heterocycles. The molecule has 0 aromatic rings. The number of carboxylic acids is 1. The maximum Gasteiger partial charge on any atom is 0.407 e. The molecule has 5 nitrogen and oxygen atoms in total. The Hall–Kier alpha value is -1.26. The van der Waals surface area contributed by atoms with Crippen molar-refractivity contribution < 1.29 is 19.4 Å². The molecular formula is C11H21NO4. The largest absolute Gasteiger partial charge is 0.481 e. The van der Waals surface area contributed by atoms with Gasteiger partial charge in [0.25, 0.3) is 0 Å². The average molecular weight is 231 g/mol. The third-order valence-corrected chi connectivity index (χ3v) is 2.00. The minimum absolute atomic E-state index is 0.319. The highest BCUT2D eigenvalue weighted by molar-refractivity contribution is 5.70. The highest BCUT2D eigenvalue weighted by Crippen LogP contribution is 2.08. The van der Waals surface area contributed by atoms with Gasteiger partial charge in [0.2, 0.25) is 0 Å². The lowest BCUT2D eigenvalue weighted by Gasteiger charge is -2.20. The van der Waals surface area contributed by atoms with Crippen LogP contribution in [-0.2, 0) is 9.53 Å². The van der Waals surface area contributed by atoms with Gasteiger partial charge in [-0.1, -0.05) is 6.92 Å². The van der Waals surface area contributed by atoms with Gasteiger partial charge >= 0.3 is 12.1 Å². The SMILES string of the molecule is CC[C@H](CCNC(=O)OC(C)(C)C)C(=O)O. The molecule has 0 saturated carbocycles. The fourth-order valence-electron chi connectivity index (χ4n) is 1.16. The number of amides is 1. The second-order valence-corrected chi connectivity index (χ2v) is 4.66. The third kappa shape index (κ3) is 7.09. The fourth-order valence-corrected chi connectivity index (χ4v) is 1.16. The van der Waals surface area contributed by atoms with Gasteiger partial charge < -0.3 is 15.2 Å². The second kappa shape index (κ2) is 6.35. The van der Waals surface area contributed by atoms with Crippen molar-refractivity contribution in [3.05, 3.63) is 0 Å². The van der Waals surface area contributed by atoms with Crippen molar-refractivity contribution in [1.29, 1.82) is 0 Å². The number of carboxylic acid groups (broad SMARTS) is 1. The highest BCUT2D eigenvalue weighted by atomic mass is 16.6. The summed E-state index contributed by atoms with van der Waals surface area (Å²) in [7, 11) is 0. The first kappa shape index (κ1) is 14.7. The average Bonchev–Trinajstić information content (AvgIpc) is 2.08. The van der Waals surface area contributed by atoms with E-state index in [9.17, 15) is 9.59 Å². The zero-order valence-corrected chi connectivity index (χ0v) is 10.4. The monoisotopic (exact) mass is 231 g/mol. The van der Waals surface area contributed by atoms with Gasteiger partial charge in [0.1, 0.15) is 5.60 Å². The van der Waals surface area contributed by atoms with Gasteiger partial charge in [-0.15, -0.1) is 0 Å². The van der Waals surface area contributed by atoms with E-state index in [1.165, 1.54) is 0 Å². The molecule has 1 atom stereocenters. The lowest BCUT2D eigenvalue weighted by Crippen LogP contribution is -2.34. The molecule has 0 radical (unpaired) electrons. The zero-order valence-electron chi connectivity index (χ0n) is 10.4. The van der Waals surface area contributed by atoms with Crippen LogP contribution in [0.15, 0.2) is 0 Å². The summed E-state index contributed by atoms with van der Waals surface area (Å²) in [6.45, 7) is 7.46. The summed E-state index contributed by atoms with van der Waals surface area (Å²) < 4.78 is 5.02. The van der Waals surface area contributed by atoms with Crippen molar-refractivity contribution in [2.75, 3.05) is 6.54 Å². The lowest BCUT2D eigenvalue weighted by molar-refractivity contribution is -0.142. The minimum atomic E-state index is -0.825. The molecule has 0 aromatic carbocycles. The summed E-state index contributed by atoms with van der Waals surface area (Å²) in [5.41, 5.74) is -0.527. The minimum Gasteiger partial charge on any atom is -0.481 e. The molecule has 1 amide bonds. The maximum absolute atomic E-state index is 11.2. The molecule has 94 valence electrons. The Kier molecular flexibility index (Phi) is 5.85. The second-order valence-electron chi connectivity index (χ2n) is 4.66. The number of carbonyl (C=O) groups excluding carboxylic acids is 1. The van der Waals surface area contributed by atoms with E-state index in [1.807, 2.05) is 6.92 Å². The normalized spacial score (nSPS) is 13.0. The summed E-state index contributed by atoms with van der Waals surface area (Å²) in [5, 5.41) is 11.3. The van der Waals surface area contributed by atoms with Gasteiger partial charge in [-0.25, -0.2) is 4.79 Å². The Morgan fingerprint density at radius 1 is 1.38 bits per heavy atom. The number of ether oxygens (including phenoxy) is 1. The van der Waals surface area contributed by atoms with E-state index < -0.39 is 23.6 Å². The van der Waals surface area contributed by atoms with E-state index in [-0.39, 0.29) is 0 Å². The van der Waals surface area contributed by atoms with E-state index in [2.05, 4.69) is 5.32 Å². The summed E-state index contributed by atoms with van der Waals surface area (Å²) in [4.78, 5) is 21.9. The number of alkyl carbamates (subject to hydrolysis) is 1. The van der Waals surface area contributed by atoms with Crippen LogP contribution < -0.4 is 5.32 Å². The Bertz CT molecular complexity index is 245. The Labute approximate surface area is 96.2 Å². The molecule has 0 saturated heterocycles. The van der Waals surface area contributed by atoms with Gasteiger partial charge in [-0.2, -0.15) is 0 Å². The number of rotatable bonds is 5. The Balaban J connectivity index is 3.81. The van der Waals surface area contributed by atoms with Crippen molar-refractivity contribution in [2.24, 2.45) is 5.92 Å². The van der Waals surface area contributed by atoms with Crippen molar-refractivity contribution in [1.82, 2.24) is 5.32 Å². The smallest absolute Gasteiger partial charge is 0.407 e. The molecule has 16 heavy (non-hydrogen) atoms. The molecule has 0 rings (SSSR count). The number of aliphatic carboxylic acids is 1. The van der Waals surface area contributed by atoms with Crippen LogP contribution in [0, 0.1) is 5.92 Å².